The Hall–Kier alpha value is -2.18. The molecule has 1 fully saturated rings. The molecule has 0 aliphatic heterocycles. The number of fused-ring (bicyclic) bond motifs is 1. The number of hydrogen-bond acceptors (Lipinski definition) is 4. The van der Waals surface area contributed by atoms with E-state index in [1.807, 2.05) is 0 Å². The molecule has 21 heavy (non-hydrogen) atoms. The van der Waals surface area contributed by atoms with E-state index in [4.69, 9.17) is 5.73 Å². The predicted molar refractivity (Wildman–Crippen MR) is 76.5 cm³/mol. The maximum absolute atomic E-state index is 14.1. The summed E-state index contributed by atoms with van der Waals surface area (Å²) >= 11 is 0. The van der Waals surface area contributed by atoms with E-state index < -0.39 is 11.9 Å². The first-order valence-electron chi connectivity index (χ1n) is 7.17. The summed E-state index contributed by atoms with van der Waals surface area (Å²) in [6.07, 6.45) is 7.47. The predicted octanol–water partition coefficient (Wildman–Crippen LogP) is 1.96. The Morgan fingerprint density at radius 2 is 2.24 bits per heavy atom. The Morgan fingerprint density at radius 3 is 2.95 bits per heavy atom. The number of aromatic nitrogens is 3. The lowest BCUT2D eigenvalue weighted by molar-refractivity contribution is 0.0996. The normalized spacial score (nSPS) is 22.4. The van der Waals surface area contributed by atoms with Gasteiger partial charge in [-0.25, -0.2) is 9.50 Å². The largest absolute Gasteiger partial charge is 0.378 e. The van der Waals surface area contributed by atoms with Gasteiger partial charge in [-0.2, -0.15) is 4.39 Å². The molecular formula is C14H18FN5O. The number of nitrogens with one attached hydrogen (secondary N) is 1. The van der Waals surface area contributed by atoms with Crippen LogP contribution in [0.3, 0.4) is 0 Å². The van der Waals surface area contributed by atoms with Crippen molar-refractivity contribution in [1.29, 1.82) is 0 Å². The average molecular weight is 291 g/mol. The molecule has 2 unspecified atom stereocenters. The van der Waals surface area contributed by atoms with Crippen LogP contribution < -0.4 is 11.1 Å². The Labute approximate surface area is 121 Å². The van der Waals surface area contributed by atoms with Crippen LogP contribution in [0.4, 0.5) is 10.1 Å². The molecule has 3 rings (SSSR count). The van der Waals surface area contributed by atoms with Gasteiger partial charge in [0.05, 0.1) is 5.69 Å². The number of amides is 1. The number of primary amides is 1. The van der Waals surface area contributed by atoms with Crippen molar-refractivity contribution in [3.8, 4) is 0 Å². The lowest BCUT2D eigenvalue weighted by Crippen LogP contribution is -2.32. The second-order valence-electron chi connectivity index (χ2n) is 5.61. The topological polar surface area (TPSA) is 85.3 Å². The molecule has 2 heterocycles. The smallest absolute Gasteiger partial charge is 0.255 e. The molecule has 0 bridgehead atoms. The molecule has 0 radical (unpaired) electrons. The zero-order valence-corrected chi connectivity index (χ0v) is 11.8. The minimum absolute atomic E-state index is 0.180. The molecule has 6 nitrogen and oxygen atoms in total. The van der Waals surface area contributed by atoms with Crippen LogP contribution in [0.5, 0.6) is 0 Å². The van der Waals surface area contributed by atoms with Gasteiger partial charge in [0, 0.05) is 18.4 Å². The molecule has 2 aromatic rings. The van der Waals surface area contributed by atoms with Crippen molar-refractivity contribution in [2.24, 2.45) is 11.7 Å². The number of carbonyl (C=O) groups is 1. The summed E-state index contributed by atoms with van der Waals surface area (Å²) in [5, 5.41) is 6.96. The number of carbonyl (C=O) groups excluding carboxylic acids is 1. The van der Waals surface area contributed by atoms with Gasteiger partial charge in [-0.3, -0.25) is 4.79 Å². The molecule has 2 aromatic heterocycles. The summed E-state index contributed by atoms with van der Waals surface area (Å²) in [6, 6.07) is 0.180. The third-order valence-corrected chi connectivity index (χ3v) is 4.18. The third-order valence-electron chi connectivity index (χ3n) is 4.18. The minimum atomic E-state index is -0.876. The van der Waals surface area contributed by atoms with E-state index in [0.717, 1.165) is 19.3 Å². The number of rotatable bonds is 3. The maximum Gasteiger partial charge on any atom is 0.255 e. The molecule has 1 aliphatic rings. The van der Waals surface area contributed by atoms with Gasteiger partial charge in [0.15, 0.2) is 5.65 Å². The Bertz CT molecular complexity index is 683. The Kier molecular flexibility index (Phi) is 3.48. The Balaban J connectivity index is 2.08. The molecular weight excluding hydrogens is 273 g/mol. The molecule has 1 aliphatic carbocycles. The zero-order chi connectivity index (χ0) is 15.0. The van der Waals surface area contributed by atoms with Crippen molar-refractivity contribution in [3.63, 3.8) is 0 Å². The lowest BCUT2D eigenvalue weighted by Gasteiger charge is -2.30. The van der Waals surface area contributed by atoms with Crippen LogP contribution in [0.15, 0.2) is 12.4 Å². The number of anilines is 1. The van der Waals surface area contributed by atoms with Crippen LogP contribution in [0.25, 0.3) is 5.65 Å². The molecule has 1 saturated carbocycles. The van der Waals surface area contributed by atoms with Gasteiger partial charge < -0.3 is 11.1 Å². The standard InChI is InChI=1S/C14H18FN5O/c1-8-4-2-3-5-9(8)18-11-10(13(16)21)12(15)19-20-7-6-17-14(11)20/h6-9,18H,2-5H2,1H3,(H2,16,21). The van der Waals surface area contributed by atoms with Gasteiger partial charge in [-0.1, -0.05) is 19.8 Å². The van der Waals surface area contributed by atoms with Gasteiger partial charge in [0.25, 0.3) is 5.91 Å². The van der Waals surface area contributed by atoms with Crippen molar-refractivity contribution in [2.45, 2.75) is 38.6 Å². The van der Waals surface area contributed by atoms with Crippen LogP contribution >= 0.6 is 0 Å². The number of imidazole rings is 1. The highest BCUT2D eigenvalue weighted by Gasteiger charge is 2.26. The lowest BCUT2D eigenvalue weighted by atomic mass is 9.85. The molecule has 3 N–H and O–H groups in total. The van der Waals surface area contributed by atoms with Gasteiger partial charge in [0.2, 0.25) is 5.95 Å². The van der Waals surface area contributed by atoms with E-state index in [9.17, 15) is 9.18 Å². The highest BCUT2D eigenvalue weighted by atomic mass is 19.1. The molecule has 1 amide bonds. The van der Waals surface area contributed by atoms with E-state index in [0.29, 0.717) is 17.3 Å². The summed E-state index contributed by atoms with van der Waals surface area (Å²) < 4.78 is 15.4. The van der Waals surface area contributed by atoms with E-state index in [-0.39, 0.29) is 11.6 Å². The first-order valence-corrected chi connectivity index (χ1v) is 7.17. The van der Waals surface area contributed by atoms with E-state index in [1.165, 1.54) is 17.1 Å². The summed E-state index contributed by atoms with van der Waals surface area (Å²) in [5.74, 6) is -1.26. The SMILES string of the molecule is CC1CCCCC1Nc1c(C(N)=O)c(F)nn2ccnc12. The van der Waals surface area contributed by atoms with Gasteiger partial charge >= 0.3 is 0 Å². The second kappa shape index (κ2) is 5.31. The molecule has 0 saturated heterocycles. The van der Waals surface area contributed by atoms with Crippen LogP contribution in [0.2, 0.25) is 0 Å². The van der Waals surface area contributed by atoms with Crippen molar-refractivity contribution in [3.05, 3.63) is 23.9 Å². The van der Waals surface area contributed by atoms with Crippen LogP contribution in [-0.4, -0.2) is 26.5 Å². The molecule has 2 atom stereocenters. The van der Waals surface area contributed by atoms with Crippen LogP contribution in [0.1, 0.15) is 43.0 Å². The number of nitrogens with zero attached hydrogens (tertiary/aromatic N) is 3. The van der Waals surface area contributed by atoms with Crippen molar-refractivity contribution >= 4 is 17.2 Å². The molecule has 0 spiro atoms. The van der Waals surface area contributed by atoms with Crippen molar-refractivity contribution in [2.75, 3.05) is 5.32 Å². The van der Waals surface area contributed by atoms with Gasteiger partial charge in [-0.15, -0.1) is 5.10 Å². The zero-order valence-electron chi connectivity index (χ0n) is 11.8. The fourth-order valence-electron chi connectivity index (χ4n) is 2.99. The number of hydrogen-bond donors (Lipinski definition) is 2. The first-order chi connectivity index (χ1) is 10.1. The van der Waals surface area contributed by atoms with Crippen LogP contribution in [-0.2, 0) is 0 Å². The minimum Gasteiger partial charge on any atom is -0.378 e. The summed E-state index contributed by atoms with van der Waals surface area (Å²) in [6.45, 7) is 2.15. The monoisotopic (exact) mass is 291 g/mol. The van der Waals surface area contributed by atoms with Crippen LogP contribution in [0, 0.1) is 11.9 Å². The highest BCUT2D eigenvalue weighted by Crippen LogP contribution is 2.30. The first kappa shape index (κ1) is 13.8. The number of nitrogens with two attached hydrogens (primary N) is 1. The maximum atomic E-state index is 14.1. The highest BCUT2D eigenvalue weighted by molar-refractivity contribution is 6.01. The molecule has 0 aromatic carbocycles. The summed E-state index contributed by atoms with van der Waals surface area (Å²) in [5.41, 5.74) is 5.87. The average Bonchev–Trinajstić information content (AvgIpc) is 2.88. The van der Waals surface area contributed by atoms with E-state index in [2.05, 4.69) is 22.3 Å². The number of halogens is 1. The molecule has 7 heteroatoms. The van der Waals surface area contributed by atoms with E-state index in [1.54, 1.807) is 6.20 Å². The Morgan fingerprint density at radius 1 is 1.48 bits per heavy atom. The second-order valence-corrected chi connectivity index (χ2v) is 5.61. The summed E-state index contributed by atoms with van der Waals surface area (Å²) in [7, 11) is 0. The quantitative estimate of drug-likeness (QED) is 0.905. The van der Waals surface area contributed by atoms with E-state index >= 15 is 0 Å². The fraction of sp³-hybridized carbons (Fsp3) is 0.500. The van der Waals surface area contributed by atoms with Gasteiger partial charge in [0.1, 0.15) is 5.56 Å². The summed E-state index contributed by atoms with van der Waals surface area (Å²) in [4.78, 5) is 15.8. The fourth-order valence-corrected chi connectivity index (χ4v) is 2.99. The van der Waals surface area contributed by atoms with Crippen molar-refractivity contribution < 1.29 is 9.18 Å². The van der Waals surface area contributed by atoms with Crippen molar-refractivity contribution in [1.82, 2.24) is 14.6 Å². The third kappa shape index (κ3) is 2.43. The van der Waals surface area contributed by atoms with Gasteiger partial charge in [-0.05, 0) is 18.8 Å². The molecule has 112 valence electrons.